The van der Waals surface area contributed by atoms with Crippen molar-refractivity contribution in [3.63, 3.8) is 0 Å². The molecule has 0 saturated carbocycles. The Bertz CT molecular complexity index is 309. The first-order chi connectivity index (χ1) is 7.15. The first-order valence-electron chi connectivity index (χ1n) is 5.48. The maximum Gasteiger partial charge on any atom is 0.134 e. The minimum absolute atomic E-state index is 0.583. The lowest BCUT2D eigenvalue weighted by atomic mass is 10.1. The van der Waals surface area contributed by atoms with E-state index in [1.165, 1.54) is 6.33 Å². The van der Waals surface area contributed by atoms with Crippen LogP contribution in [0.4, 0.5) is 11.6 Å². The summed E-state index contributed by atoms with van der Waals surface area (Å²) in [6.07, 6.45) is 3.50. The lowest BCUT2D eigenvalue weighted by Crippen LogP contribution is -2.10. The van der Waals surface area contributed by atoms with Crippen molar-refractivity contribution >= 4 is 11.6 Å². The summed E-state index contributed by atoms with van der Waals surface area (Å²) in [5.41, 5.74) is 6.79. The first-order valence-corrected chi connectivity index (χ1v) is 5.48. The second-order valence-corrected chi connectivity index (χ2v) is 4.05. The highest BCUT2D eigenvalue weighted by molar-refractivity contribution is 5.54. The predicted molar refractivity (Wildman–Crippen MR) is 63.8 cm³/mol. The fourth-order valence-corrected chi connectivity index (χ4v) is 1.41. The van der Waals surface area contributed by atoms with Crippen molar-refractivity contribution in [3.05, 3.63) is 11.9 Å². The Labute approximate surface area is 91.3 Å². The number of nitrogens with zero attached hydrogens (tertiary/aromatic N) is 2. The lowest BCUT2D eigenvalue weighted by molar-refractivity contribution is 0.606. The summed E-state index contributed by atoms with van der Waals surface area (Å²) in [5, 5.41) is 3.31. The van der Waals surface area contributed by atoms with Gasteiger partial charge in [-0.15, -0.1) is 0 Å². The monoisotopic (exact) mass is 208 g/mol. The van der Waals surface area contributed by atoms with Gasteiger partial charge in [0.05, 0.1) is 0 Å². The molecular formula is C11H20N4. The zero-order valence-electron chi connectivity index (χ0n) is 9.75. The molecule has 4 nitrogen and oxygen atoms in total. The normalized spacial score (nSPS) is 10.7. The molecule has 0 atom stereocenters. The van der Waals surface area contributed by atoms with E-state index in [0.717, 1.165) is 30.8 Å². The Hall–Kier alpha value is -1.32. The van der Waals surface area contributed by atoms with E-state index in [2.05, 4.69) is 36.1 Å². The van der Waals surface area contributed by atoms with Crippen molar-refractivity contribution in [2.24, 2.45) is 5.92 Å². The minimum atomic E-state index is 0.583. The third-order valence-corrected chi connectivity index (χ3v) is 2.35. The van der Waals surface area contributed by atoms with Gasteiger partial charge >= 0.3 is 0 Å². The van der Waals surface area contributed by atoms with Gasteiger partial charge in [-0.3, -0.25) is 0 Å². The molecule has 84 valence electrons. The van der Waals surface area contributed by atoms with Crippen molar-refractivity contribution in [2.45, 2.75) is 33.6 Å². The molecule has 0 unspecified atom stereocenters. The Kier molecular flexibility index (Phi) is 4.34. The van der Waals surface area contributed by atoms with Crippen LogP contribution in [0.15, 0.2) is 6.33 Å². The van der Waals surface area contributed by atoms with Crippen LogP contribution in [0.2, 0.25) is 0 Å². The predicted octanol–water partition coefficient (Wildman–Crippen LogP) is 2.08. The molecule has 0 bridgehead atoms. The largest absolute Gasteiger partial charge is 0.383 e. The molecule has 0 fully saturated rings. The summed E-state index contributed by atoms with van der Waals surface area (Å²) in [7, 11) is 0. The average Bonchev–Trinajstić information content (AvgIpc) is 2.17. The fraction of sp³-hybridized carbons (Fsp3) is 0.636. The second kappa shape index (κ2) is 5.53. The molecule has 1 rings (SSSR count). The molecule has 0 spiro atoms. The topological polar surface area (TPSA) is 63.8 Å². The zero-order chi connectivity index (χ0) is 11.3. The summed E-state index contributed by atoms with van der Waals surface area (Å²) >= 11 is 0. The van der Waals surface area contributed by atoms with Gasteiger partial charge in [0.1, 0.15) is 18.0 Å². The Balaban J connectivity index is 2.64. The van der Waals surface area contributed by atoms with Gasteiger partial charge in [-0.05, 0) is 18.8 Å². The van der Waals surface area contributed by atoms with Gasteiger partial charge in [0.15, 0.2) is 0 Å². The van der Waals surface area contributed by atoms with Gasteiger partial charge in [0.25, 0.3) is 0 Å². The number of nitrogens with one attached hydrogen (secondary N) is 1. The van der Waals surface area contributed by atoms with E-state index in [9.17, 15) is 0 Å². The molecule has 0 radical (unpaired) electrons. The standard InChI is InChI=1S/C11H20N4/c1-4-9-10(12)14-7-15-11(9)13-6-5-8(2)3/h7-8H,4-6H2,1-3H3,(H3,12,13,14,15). The number of anilines is 2. The van der Waals surface area contributed by atoms with E-state index < -0.39 is 0 Å². The number of aromatic nitrogens is 2. The van der Waals surface area contributed by atoms with Crippen LogP contribution in [0.3, 0.4) is 0 Å². The Morgan fingerprint density at radius 3 is 2.73 bits per heavy atom. The van der Waals surface area contributed by atoms with E-state index in [4.69, 9.17) is 5.73 Å². The maximum absolute atomic E-state index is 5.77. The first kappa shape index (κ1) is 11.8. The zero-order valence-corrected chi connectivity index (χ0v) is 9.75. The molecule has 0 saturated heterocycles. The van der Waals surface area contributed by atoms with Crippen LogP contribution < -0.4 is 11.1 Å². The molecule has 4 heteroatoms. The molecule has 1 aromatic rings. The van der Waals surface area contributed by atoms with Crippen molar-refractivity contribution in [1.82, 2.24) is 9.97 Å². The van der Waals surface area contributed by atoms with E-state index in [0.29, 0.717) is 11.7 Å². The van der Waals surface area contributed by atoms with Gasteiger partial charge in [0.2, 0.25) is 0 Å². The quantitative estimate of drug-likeness (QED) is 0.777. The number of rotatable bonds is 5. The van der Waals surface area contributed by atoms with Crippen LogP contribution in [0.5, 0.6) is 0 Å². The molecule has 0 aliphatic rings. The molecule has 0 aliphatic heterocycles. The van der Waals surface area contributed by atoms with Crippen molar-refractivity contribution < 1.29 is 0 Å². The van der Waals surface area contributed by atoms with E-state index >= 15 is 0 Å². The van der Waals surface area contributed by atoms with E-state index in [1.807, 2.05) is 0 Å². The second-order valence-electron chi connectivity index (χ2n) is 4.05. The molecule has 1 heterocycles. The summed E-state index contributed by atoms with van der Waals surface area (Å²) in [6.45, 7) is 7.40. The summed E-state index contributed by atoms with van der Waals surface area (Å²) in [6, 6.07) is 0. The fourth-order valence-electron chi connectivity index (χ4n) is 1.41. The van der Waals surface area contributed by atoms with Gasteiger partial charge in [-0.1, -0.05) is 20.8 Å². The van der Waals surface area contributed by atoms with Gasteiger partial charge in [0, 0.05) is 12.1 Å². The number of nitrogen functional groups attached to an aromatic ring is 1. The van der Waals surface area contributed by atoms with Crippen molar-refractivity contribution in [2.75, 3.05) is 17.6 Å². The summed E-state index contributed by atoms with van der Waals surface area (Å²) in [5.74, 6) is 2.16. The van der Waals surface area contributed by atoms with Crippen LogP contribution in [0.25, 0.3) is 0 Å². The number of hydrogen-bond donors (Lipinski definition) is 2. The maximum atomic E-state index is 5.77. The molecule has 3 N–H and O–H groups in total. The summed E-state index contributed by atoms with van der Waals surface area (Å²) in [4.78, 5) is 8.19. The highest BCUT2D eigenvalue weighted by Gasteiger charge is 2.06. The number of hydrogen-bond acceptors (Lipinski definition) is 4. The van der Waals surface area contributed by atoms with Crippen LogP contribution in [0.1, 0.15) is 32.8 Å². The molecule has 15 heavy (non-hydrogen) atoms. The third-order valence-electron chi connectivity index (χ3n) is 2.35. The van der Waals surface area contributed by atoms with Gasteiger partial charge in [-0.25, -0.2) is 9.97 Å². The van der Waals surface area contributed by atoms with Gasteiger partial charge in [-0.2, -0.15) is 0 Å². The lowest BCUT2D eigenvalue weighted by Gasteiger charge is -2.11. The Morgan fingerprint density at radius 1 is 1.40 bits per heavy atom. The Morgan fingerprint density at radius 2 is 2.13 bits per heavy atom. The smallest absolute Gasteiger partial charge is 0.134 e. The highest BCUT2D eigenvalue weighted by atomic mass is 15.0. The molecule has 0 aromatic carbocycles. The molecule has 0 amide bonds. The van der Waals surface area contributed by atoms with E-state index in [-0.39, 0.29) is 0 Å². The van der Waals surface area contributed by atoms with Crippen molar-refractivity contribution in [1.29, 1.82) is 0 Å². The third kappa shape index (κ3) is 3.38. The molecule has 1 aromatic heterocycles. The highest BCUT2D eigenvalue weighted by Crippen LogP contribution is 2.17. The SMILES string of the molecule is CCc1c(N)ncnc1NCCC(C)C. The molecular weight excluding hydrogens is 188 g/mol. The van der Waals surface area contributed by atoms with Crippen LogP contribution in [-0.4, -0.2) is 16.5 Å². The minimum Gasteiger partial charge on any atom is -0.383 e. The van der Waals surface area contributed by atoms with Gasteiger partial charge < -0.3 is 11.1 Å². The summed E-state index contributed by atoms with van der Waals surface area (Å²) < 4.78 is 0. The van der Waals surface area contributed by atoms with E-state index in [1.54, 1.807) is 0 Å². The van der Waals surface area contributed by atoms with Crippen LogP contribution in [-0.2, 0) is 6.42 Å². The molecule has 0 aliphatic carbocycles. The average molecular weight is 208 g/mol. The number of nitrogens with two attached hydrogens (primary N) is 1. The van der Waals surface area contributed by atoms with Crippen LogP contribution in [0, 0.1) is 5.92 Å². The van der Waals surface area contributed by atoms with Crippen LogP contribution >= 0.6 is 0 Å². The van der Waals surface area contributed by atoms with Crippen molar-refractivity contribution in [3.8, 4) is 0 Å².